The van der Waals surface area contributed by atoms with Gasteiger partial charge in [0.2, 0.25) is 0 Å². The summed E-state index contributed by atoms with van der Waals surface area (Å²) >= 11 is 0. The van der Waals surface area contributed by atoms with Gasteiger partial charge in [-0.2, -0.15) is 26.3 Å². The van der Waals surface area contributed by atoms with Crippen LogP contribution in [0.5, 0.6) is 0 Å². The summed E-state index contributed by atoms with van der Waals surface area (Å²) in [4.78, 5) is 7.64. The Morgan fingerprint density at radius 3 is 1.50 bits per heavy atom. The summed E-state index contributed by atoms with van der Waals surface area (Å²) in [5, 5.41) is 0. The lowest BCUT2D eigenvalue weighted by molar-refractivity contribution is -0.138. The SMILES string of the molecule is CC(C)(C)c1nc[nH]c1C(C)(C)C.[B]C=C(c1cccc(C(F)(F)F)c1)c1cccc(C(F)(F)F)c1. The van der Waals surface area contributed by atoms with Crippen LogP contribution in [0.2, 0.25) is 0 Å². The fourth-order valence-corrected chi connectivity index (χ4v) is 3.52. The predicted molar refractivity (Wildman–Crippen MR) is 132 cm³/mol. The normalized spacial score (nSPS) is 12.6. The molecule has 3 rings (SSSR count). The Balaban J connectivity index is 0.000000297. The molecule has 2 aromatic carbocycles. The predicted octanol–water partition coefficient (Wildman–Crippen LogP) is 8.29. The number of imidazole rings is 1. The van der Waals surface area contributed by atoms with Crippen molar-refractivity contribution in [3.63, 3.8) is 0 Å². The molecule has 192 valence electrons. The molecule has 1 aromatic heterocycles. The van der Waals surface area contributed by atoms with Gasteiger partial charge in [0.05, 0.1) is 23.1 Å². The van der Waals surface area contributed by atoms with Crippen LogP contribution in [0.4, 0.5) is 26.3 Å². The molecule has 36 heavy (non-hydrogen) atoms. The largest absolute Gasteiger partial charge is 0.416 e. The van der Waals surface area contributed by atoms with Crippen LogP contribution >= 0.6 is 0 Å². The molecule has 1 N–H and O–H groups in total. The molecule has 0 aliphatic heterocycles. The molecule has 0 saturated heterocycles. The molecule has 0 unspecified atom stereocenters. The van der Waals surface area contributed by atoms with E-state index in [-0.39, 0.29) is 27.5 Å². The molecule has 9 heteroatoms. The number of halogens is 6. The van der Waals surface area contributed by atoms with Crippen LogP contribution < -0.4 is 0 Å². The second kappa shape index (κ2) is 10.6. The summed E-state index contributed by atoms with van der Waals surface area (Å²) in [7, 11) is 5.43. The minimum atomic E-state index is -4.55. The van der Waals surface area contributed by atoms with Crippen LogP contribution in [0.15, 0.2) is 60.8 Å². The monoisotopic (exact) mass is 506 g/mol. The number of H-pyrrole nitrogens is 1. The van der Waals surface area contributed by atoms with Gasteiger partial charge in [-0.15, -0.1) is 5.98 Å². The summed E-state index contributed by atoms with van der Waals surface area (Å²) < 4.78 is 76.6. The fraction of sp³-hybridized carbons (Fsp3) is 0.370. The maximum absolute atomic E-state index is 12.8. The van der Waals surface area contributed by atoms with Crippen LogP contribution in [-0.2, 0) is 23.2 Å². The van der Waals surface area contributed by atoms with E-state index in [1.165, 1.54) is 35.7 Å². The lowest BCUT2D eigenvalue weighted by Crippen LogP contribution is -2.21. The zero-order chi connectivity index (χ0) is 27.5. The Morgan fingerprint density at radius 1 is 0.750 bits per heavy atom. The lowest BCUT2D eigenvalue weighted by Gasteiger charge is -2.24. The number of alkyl halides is 6. The first kappa shape index (κ1) is 29.3. The number of nitrogens with one attached hydrogen (secondary N) is 1. The summed E-state index contributed by atoms with van der Waals surface area (Å²) in [6, 6.07) is 8.51. The van der Waals surface area contributed by atoms with Crippen molar-refractivity contribution in [2.24, 2.45) is 0 Å². The standard InChI is InChI=1S/C16H9BF6.C11H20N2/c17-9-14(10-3-1-5-12(7-10)15(18,19)20)11-4-2-6-13(8-11)16(21,22)23;1-10(2,3)8-9(11(4,5)6)13-7-12-8/h1-9H;7H,1-6H3,(H,12,13). The van der Waals surface area contributed by atoms with Crippen molar-refractivity contribution >= 4 is 13.4 Å². The number of benzene rings is 2. The van der Waals surface area contributed by atoms with Crippen LogP contribution in [0.3, 0.4) is 0 Å². The van der Waals surface area contributed by atoms with Crippen molar-refractivity contribution < 1.29 is 26.3 Å². The van der Waals surface area contributed by atoms with Gasteiger partial charge >= 0.3 is 12.4 Å². The first-order valence-electron chi connectivity index (χ1n) is 11.2. The average Bonchev–Trinajstić information content (AvgIpc) is 3.26. The number of hydrogen-bond acceptors (Lipinski definition) is 1. The first-order valence-corrected chi connectivity index (χ1v) is 11.2. The third kappa shape index (κ3) is 7.52. The second-order valence-electron chi connectivity index (χ2n) is 10.4. The minimum Gasteiger partial charge on any atom is -0.348 e. The van der Waals surface area contributed by atoms with E-state index in [0.29, 0.717) is 0 Å². The highest BCUT2D eigenvalue weighted by atomic mass is 19.4. The molecule has 0 aliphatic carbocycles. The molecule has 0 amide bonds. The maximum Gasteiger partial charge on any atom is 0.416 e. The molecule has 1 heterocycles. The minimum absolute atomic E-state index is 0.0849. The van der Waals surface area contributed by atoms with E-state index in [0.717, 1.165) is 30.2 Å². The Labute approximate surface area is 209 Å². The molecular formula is C27H29BF6N2. The highest BCUT2D eigenvalue weighted by Gasteiger charge is 2.32. The average molecular weight is 506 g/mol. The second-order valence-corrected chi connectivity index (χ2v) is 10.4. The Hall–Kier alpha value is -2.97. The van der Waals surface area contributed by atoms with Gasteiger partial charge in [0, 0.05) is 16.5 Å². The highest BCUT2D eigenvalue weighted by molar-refractivity contribution is 6.21. The van der Waals surface area contributed by atoms with Crippen LogP contribution in [0.1, 0.15) is 75.2 Å². The Morgan fingerprint density at radius 2 is 1.19 bits per heavy atom. The number of aromatic nitrogens is 2. The number of nitrogens with zero attached hydrogens (tertiary/aromatic N) is 1. The van der Waals surface area contributed by atoms with Gasteiger partial charge in [0.25, 0.3) is 0 Å². The molecule has 3 aromatic rings. The molecule has 0 fully saturated rings. The zero-order valence-corrected chi connectivity index (χ0v) is 21.1. The Kier molecular flexibility index (Phi) is 8.59. The third-order valence-electron chi connectivity index (χ3n) is 5.27. The van der Waals surface area contributed by atoms with Crippen molar-refractivity contribution in [3.05, 3.63) is 94.5 Å². The van der Waals surface area contributed by atoms with E-state index < -0.39 is 23.5 Å². The van der Waals surface area contributed by atoms with E-state index >= 15 is 0 Å². The van der Waals surface area contributed by atoms with E-state index in [1.54, 1.807) is 6.33 Å². The van der Waals surface area contributed by atoms with Gasteiger partial charge in [0.15, 0.2) is 0 Å². The maximum atomic E-state index is 12.8. The van der Waals surface area contributed by atoms with Gasteiger partial charge in [-0.25, -0.2) is 4.98 Å². The van der Waals surface area contributed by atoms with Gasteiger partial charge in [-0.05, 0) is 41.0 Å². The molecule has 0 aliphatic rings. The van der Waals surface area contributed by atoms with Crippen molar-refractivity contribution in [1.29, 1.82) is 0 Å². The highest BCUT2D eigenvalue weighted by Crippen LogP contribution is 2.35. The first-order chi connectivity index (χ1) is 16.4. The van der Waals surface area contributed by atoms with Gasteiger partial charge in [0.1, 0.15) is 7.85 Å². The molecule has 2 nitrogen and oxygen atoms in total. The Bertz CT molecular complexity index is 1100. The van der Waals surface area contributed by atoms with Crippen LogP contribution in [0.25, 0.3) is 5.57 Å². The van der Waals surface area contributed by atoms with Crippen molar-refractivity contribution in [2.75, 3.05) is 0 Å². The fourth-order valence-electron chi connectivity index (χ4n) is 3.52. The molecule has 0 saturated carbocycles. The van der Waals surface area contributed by atoms with Gasteiger partial charge in [-0.1, -0.05) is 65.8 Å². The molecule has 0 atom stereocenters. The van der Waals surface area contributed by atoms with E-state index in [9.17, 15) is 26.3 Å². The smallest absolute Gasteiger partial charge is 0.348 e. The van der Waals surface area contributed by atoms with Gasteiger partial charge in [-0.3, -0.25) is 0 Å². The topological polar surface area (TPSA) is 28.7 Å². The quantitative estimate of drug-likeness (QED) is 0.275. The summed E-state index contributed by atoms with van der Waals surface area (Å²) in [5.74, 6) is 0.991. The number of hydrogen-bond donors (Lipinski definition) is 1. The van der Waals surface area contributed by atoms with Crippen LogP contribution in [0, 0.1) is 0 Å². The number of rotatable bonds is 2. The van der Waals surface area contributed by atoms with Crippen molar-refractivity contribution in [3.8, 4) is 0 Å². The summed E-state index contributed by atoms with van der Waals surface area (Å²) in [6.45, 7) is 13.2. The molecule has 2 radical (unpaired) electrons. The molecular weight excluding hydrogens is 477 g/mol. The van der Waals surface area contributed by atoms with Crippen molar-refractivity contribution in [2.45, 2.75) is 64.7 Å². The molecule has 0 bridgehead atoms. The third-order valence-corrected chi connectivity index (χ3v) is 5.27. The van der Waals surface area contributed by atoms with E-state index in [1.807, 2.05) is 0 Å². The van der Waals surface area contributed by atoms with Gasteiger partial charge < -0.3 is 4.98 Å². The zero-order valence-electron chi connectivity index (χ0n) is 21.1. The van der Waals surface area contributed by atoms with E-state index in [4.69, 9.17) is 7.85 Å². The van der Waals surface area contributed by atoms with E-state index in [2.05, 4.69) is 51.5 Å². The number of aromatic amines is 1. The lowest BCUT2D eigenvalue weighted by atomic mass is 9.82. The van der Waals surface area contributed by atoms with Crippen molar-refractivity contribution in [1.82, 2.24) is 9.97 Å². The van der Waals surface area contributed by atoms with Crippen LogP contribution in [-0.4, -0.2) is 17.8 Å². The molecule has 0 spiro atoms. The summed E-state index contributed by atoms with van der Waals surface area (Å²) in [6.07, 6.45) is -7.31. The summed E-state index contributed by atoms with van der Waals surface area (Å²) in [5.41, 5.74) is 1.16.